The molecule has 12 aromatic rings. The molecule has 328 valence electrons. The first kappa shape index (κ1) is 40.8. The van der Waals surface area contributed by atoms with Crippen molar-refractivity contribution < 1.29 is 0 Å². The van der Waals surface area contributed by atoms with Crippen molar-refractivity contribution in [3.05, 3.63) is 253 Å². The highest BCUT2D eigenvalue weighted by molar-refractivity contribution is 6.38. The minimum Gasteiger partial charge on any atom is -0.310 e. The van der Waals surface area contributed by atoms with E-state index in [2.05, 4.69) is 268 Å². The van der Waals surface area contributed by atoms with Gasteiger partial charge in [-0.15, -0.1) is 0 Å². The van der Waals surface area contributed by atoms with Crippen LogP contribution in [0.2, 0.25) is 0 Å². The number of para-hydroxylation sites is 2. The lowest BCUT2D eigenvalue weighted by Crippen LogP contribution is -2.17. The normalized spacial score (nSPS) is 12.8. The van der Waals surface area contributed by atoms with Crippen molar-refractivity contribution in [2.45, 2.75) is 33.1 Å². The van der Waals surface area contributed by atoms with E-state index in [0.29, 0.717) is 0 Å². The summed E-state index contributed by atoms with van der Waals surface area (Å²) >= 11 is 0. The number of aryl methyl sites for hydroxylation is 2. The van der Waals surface area contributed by atoms with Crippen molar-refractivity contribution in [3.8, 4) is 33.4 Å². The van der Waals surface area contributed by atoms with Gasteiger partial charge in [0.05, 0.1) is 11.4 Å². The third kappa shape index (κ3) is 6.40. The van der Waals surface area contributed by atoms with E-state index >= 15 is 0 Å². The molecule has 0 aliphatic heterocycles. The Morgan fingerprint density at radius 1 is 0.290 bits per heavy atom. The minimum absolute atomic E-state index is 0.183. The predicted octanol–water partition coefficient (Wildman–Crippen LogP) is 18.9. The van der Waals surface area contributed by atoms with Gasteiger partial charge in [-0.1, -0.05) is 178 Å². The van der Waals surface area contributed by atoms with Crippen LogP contribution in [0.5, 0.6) is 0 Å². The van der Waals surface area contributed by atoms with Gasteiger partial charge in [-0.05, 0) is 158 Å². The zero-order valence-corrected chi connectivity index (χ0v) is 39.3. The SMILES string of the molecule is Cc1cc(N(c2cc(-c3ccccc3)cc(-c3ccccc3)c2)c2ccc3c(c2)C(C)(C)c2ccccc2-3)c2c3ccccc3c3c(C)cc(N(c4ccccc4)c4ccccc4)c4ccc1c2c43. The average molecular weight is 883 g/mol. The highest BCUT2D eigenvalue weighted by atomic mass is 15.2. The zero-order valence-electron chi connectivity index (χ0n) is 39.3. The Morgan fingerprint density at radius 3 is 1.42 bits per heavy atom. The molecule has 0 amide bonds. The standard InChI is InChI=1S/C67H50N2/c1-43-37-62(64-57-31-18-17-30-56(57)63-44(2)38-61(58-36-35-53(43)65(64)66(58)63)68(49-25-13-7-14-26-49)50-27-15-8-16-28-50)69(51-33-34-55-54-29-19-20-32-59(54)67(3,4)60(55)42-51)52-40-47(45-21-9-5-10-22-45)39-48(41-52)46-23-11-6-12-24-46/h5-42H,1-4H3. The average Bonchev–Trinajstić information content (AvgIpc) is 3.63. The molecule has 2 nitrogen and oxygen atoms in total. The van der Waals surface area contributed by atoms with Crippen molar-refractivity contribution in [3.63, 3.8) is 0 Å². The van der Waals surface area contributed by atoms with Gasteiger partial charge >= 0.3 is 0 Å². The summed E-state index contributed by atoms with van der Waals surface area (Å²) in [6, 6.07) is 85.5. The fraction of sp³-hybridized carbons (Fsp3) is 0.0746. The molecule has 0 spiro atoms. The molecule has 1 aliphatic carbocycles. The summed E-state index contributed by atoms with van der Waals surface area (Å²) in [6.45, 7) is 9.39. The van der Waals surface area contributed by atoms with Gasteiger partial charge in [-0.25, -0.2) is 0 Å². The van der Waals surface area contributed by atoms with Crippen molar-refractivity contribution in [1.29, 1.82) is 0 Å². The Kier molecular flexibility index (Phi) is 9.36. The molecule has 0 saturated carbocycles. The van der Waals surface area contributed by atoms with Crippen molar-refractivity contribution in [1.82, 2.24) is 0 Å². The van der Waals surface area contributed by atoms with Crippen molar-refractivity contribution >= 4 is 77.2 Å². The lowest BCUT2D eigenvalue weighted by atomic mass is 9.82. The minimum atomic E-state index is -0.183. The maximum Gasteiger partial charge on any atom is 0.0549 e. The van der Waals surface area contributed by atoms with Gasteiger partial charge in [0.1, 0.15) is 0 Å². The largest absolute Gasteiger partial charge is 0.310 e. The summed E-state index contributed by atoms with van der Waals surface area (Å²) in [4.78, 5) is 5.02. The molecule has 0 unspecified atom stereocenters. The Bertz CT molecular complexity index is 3830. The number of anilines is 6. The molecule has 1 aliphatic rings. The summed E-state index contributed by atoms with van der Waals surface area (Å²) in [5.74, 6) is 0. The molecule has 69 heavy (non-hydrogen) atoms. The van der Waals surface area contributed by atoms with Gasteiger partial charge in [0.15, 0.2) is 0 Å². The summed E-state index contributed by atoms with van der Waals surface area (Å²) in [7, 11) is 0. The fourth-order valence-electron chi connectivity index (χ4n) is 11.8. The van der Waals surface area contributed by atoms with Crippen LogP contribution < -0.4 is 9.80 Å². The van der Waals surface area contributed by atoms with Gasteiger partial charge in [-0.2, -0.15) is 0 Å². The second kappa shape index (κ2) is 15.8. The van der Waals surface area contributed by atoms with Gasteiger partial charge in [0, 0.05) is 49.7 Å². The lowest BCUT2D eigenvalue weighted by Gasteiger charge is -2.32. The summed E-state index contributed by atoms with van der Waals surface area (Å²) < 4.78 is 0. The number of rotatable bonds is 8. The van der Waals surface area contributed by atoms with Crippen LogP contribution in [0.15, 0.2) is 231 Å². The Labute approximate surface area is 404 Å². The van der Waals surface area contributed by atoms with E-state index in [9.17, 15) is 0 Å². The van der Waals surface area contributed by atoms with Crippen LogP contribution in [0.1, 0.15) is 36.1 Å². The van der Waals surface area contributed by atoms with E-state index in [1.54, 1.807) is 0 Å². The Hall–Kier alpha value is -8.46. The molecule has 0 N–H and O–H groups in total. The molecule has 0 radical (unpaired) electrons. The third-order valence-corrected chi connectivity index (χ3v) is 15.0. The third-order valence-electron chi connectivity index (χ3n) is 15.0. The molecule has 0 fully saturated rings. The van der Waals surface area contributed by atoms with Gasteiger partial charge in [0.2, 0.25) is 0 Å². The maximum absolute atomic E-state index is 2.58. The van der Waals surface area contributed by atoms with Gasteiger partial charge < -0.3 is 9.80 Å². The van der Waals surface area contributed by atoms with Crippen molar-refractivity contribution in [2.75, 3.05) is 9.80 Å². The van der Waals surface area contributed by atoms with Gasteiger partial charge in [-0.3, -0.25) is 0 Å². The molecule has 0 bridgehead atoms. The lowest BCUT2D eigenvalue weighted by molar-refractivity contribution is 0.660. The number of hydrogen-bond donors (Lipinski definition) is 0. The number of hydrogen-bond acceptors (Lipinski definition) is 2. The fourth-order valence-corrected chi connectivity index (χ4v) is 11.8. The summed E-state index contributed by atoms with van der Waals surface area (Å²) in [6.07, 6.45) is 0. The second-order valence-corrected chi connectivity index (χ2v) is 19.4. The molecule has 0 atom stereocenters. The number of nitrogens with zero attached hydrogens (tertiary/aromatic N) is 2. The number of benzene rings is 12. The molecule has 13 rings (SSSR count). The molecule has 12 aromatic carbocycles. The first-order chi connectivity index (χ1) is 33.8. The van der Waals surface area contributed by atoms with E-state index in [4.69, 9.17) is 0 Å². The van der Waals surface area contributed by atoms with E-state index < -0.39 is 0 Å². The Morgan fingerprint density at radius 2 is 0.783 bits per heavy atom. The topological polar surface area (TPSA) is 6.48 Å². The molecular formula is C67H50N2. The van der Waals surface area contributed by atoms with Crippen LogP contribution in [0, 0.1) is 13.8 Å². The molecular weight excluding hydrogens is 833 g/mol. The summed E-state index contributed by atoms with van der Waals surface area (Å²) in [5, 5.41) is 10.2. The monoisotopic (exact) mass is 882 g/mol. The molecule has 0 saturated heterocycles. The Balaban J connectivity index is 1.17. The quantitative estimate of drug-likeness (QED) is 0.111. The first-order valence-electron chi connectivity index (χ1n) is 24.2. The van der Waals surface area contributed by atoms with Crippen LogP contribution in [-0.4, -0.2) is 0 Å². The predicted molar refractivity (Wildman–Crippen MR) is 295 cm³/mol. The highest BCUT2D eigenvalue weighted by Gasteiger charge is 2.36. The van der Waals surface area contributed by atoms with Gasteiger partial charge in [0.25, 0.3) is 0 Å². The van der Waals surface area contributed by atoms with Crippen LogP contribution in [0.25, 0.3) is 76.5 Å². The molecule has 0 aromatic heterocycles. The summed E-state index contributed by atoms with van der Waals surface area (Å²) in [5.41, 5.74) is 19.2. The maximum atomic E-state index is 2.58. The zero-order chi connectivity index (χ0) is 46.4. The molecule has 2 heteroatoms. The van der Waals surface area contributed by atoms with E-state index in [1.165, 1.54) is 104 Å². The highest BCUT2D eigenvalue weighted by Crippen LogP contribution is 2.55. The van der Waals surface area contributed by atoms with E-state index in [1.807, 2.05) is 0 Å². The van der Waals surface area contributed by atoms with E-state index in [0.717, 1.165) is 28.4 Å². The second-order valence-electron chi connectivity index (χ2n) is 19.4. The van der Waals surface area contributed by atoms with Crippen LogP contribution in [0.4, 0.5) is 34.1 Å². The van der Waals surface area contributed by atoms with E-state index in [-0.39, 0.29) is 5.41 Å². The van der Waals surface area contributed by atoms with Crippen molar-refractivity contribution in [2.24, 2.45) is 0 Å². The van der Waals surface area contributed by atoms with Crippen LogP contribution >= 0.6 is 0 Å². The first-order valence-corrected chi connectivity index (χ1v) is 24.2. The smallest absolute Gasteiger partial charge is 0.0549 e. The number of fused-ring (bicyclic) bond motifs is 6. The van der Waals surface area contributed by atoms with Crippen LogP contribution in [-0.2, 0) is 5.41 Å². The molecule has 0 heterocycles. The van der Waals surface area contributed by atoms with Crippen LogP contribution in [0.3, 0.4) is 0 Å².